The van der Waals surface area contributed by atoms with Crippen molar-refractivity contribution >= 4 is 19.7 Å². The van der Waals surface area contributed by atoms with E-state index in [2.05, 4.69) is 20.6 Å². The van der Waals surface area contributed by atoms with Gasteiger partial charge in [-0.3, -0.25) is 14.6 Å². The van der Waals surface area contributed by atoms with Crippen LogP contribution in [0.15, 0.2) is 48.9 Å². The van der Waals surface area contributed by atoms with E-state index in [-0.39, 0.29) is 11.6 Å². The number of hydrogen-bond acceptors (Lipinski definition) is 4. The Balaban J connectivity index is 2.21. The first-order valence-electron chi connectivity index (χ1n) is 8.99. The summed E-state index contributed by atoms with van der Waals surface area (Å²) in [6.07, 6.45) is 5.24. The summed E-state index contributed by atoms with van der Waals surface area (Å²) in [5.41, 5.74) is -0.118. The number of hydrogen-bond donors (Lipinski definition) is 2. The molecule has 2 amide bonds. The van der Waals surface area contributed by atoms with E-state index >= 15 is 0 Å². The monoisotopic (exact) mass is 364 g/mol. The molecular formula is C20H25BN4O2. The Labute approximate surface area is 161 Å². The lowest BCUT2D eigenvalue weighted by Crippen LogP contribution is -2.60. The molecule has 0 saturated heterocycles. The fraction of sp³-hybridized carbons (Fsp3) is 0.400. The second-order valence-corrected chi connectivity index (χ2v) is 7.25. The molecule has 0 fully saturated rings. The second-order valence-electron chi connectivity index (χ2n) is 7.25. The van der Waals surface area contributed by atoms with Crippen molar-refractivity contribution in [1.29, 1.82) is 0 Å². The van der Waals surface area contributed by atoms with E-state index in [9.17, 15) is 9.59 Å². The molecule has 0 bridgehead atoms. The summed E-state index contributed by atoms with van der Waals surface area (Å²) in [7, 11) is 6.04. The maximum Gasteiger partial charge on any atom is 0.272 e. The van der Waals surface area contributed by atoms with E-state index in [0.717, 1.165) is 5.56 Å². The number of rotatable bonds is 8. The highest BCUT2D eigenvalue weighted by Crippen LogP contribution is 2.16. The zero-order chi connectivity index (χ0) is 19.9. The summed E-state index contributed by atoms with van der Waals surface area (Å²) >= 11 is 0. The lowest BCUT2D eigenvalue weighted by atomic mass is 9.85. The van der Waals surface area contributed by atoms with Gasteiger partial charge in [0, 0.05) is 18.8 Å². The molecule has 140 valence electrons. The van der Waals surface area contributed by atoms with Gasteiger partial charge in [-0.05, 0) is 30.8 Å². The lowest BCUT2D eigenvalue weighted by Gasteiger charge is -2.31. The molecule has 0 spiro atoms. The largest absolute Gasteiger partial charge is 0.360 e. The fourth-order valence-electron chi connectivity index (χ4n) is 2.81. The third-order valence-corrected chi connectivity index (χ3v) is 4.13. The molecule has 2 N–H and O–H groups in total. The molecule has 1 aromatic heterocycles. The lowest BCUT2D eigenvalue weighted by molar-refractivity contribution is -0.127. The first-order valence-corrected chi connectivity index (χ1v) is 8.99. The minimum Gasteiger partial charge on any atom is -0.360 e. The maximum atomic E-state index is 13.0. The molecule has 1 aromatic carbocycles. The molecule has 1 heterocycles. The minimum atomic E-state index is -1.19. The average molecular weight is 364 g/mol. The Morgan fingerprint density at radius 2 is 1.89 bits per heavy atom. The second kappa shape index (κ2) is 9.30. The van der Waals surface area contributed by atoms with E-state index < -0.39 is 17.4 Å². The van der Waals surface area contributed by atoms with Crippen LogP contribution in [0.1, 0.15) is 43.2 Å². The van der Waals surface area contributed by atoms with Crippen LogP contribution in [-0.4, -0.2) is 41.1 Å². The van der Waals surface area contributed by atoms with Crippen molar-refractivity contribution in [2.75, 3.05) is 0 Å². The van der Waals surface area contributed by atoms with Gasteiger partial charge in [0.1, 0.15) is 11.2 Å². The molecule has 27 heavy (non-hydrogen) atoms. The molecule has 0 aliphatic carbocycles. The zero-order valence-corrected chi connectivity index (χ0v) is 16.0. The Morgan fingerprint density at radius 1 is 1.19 bits per heavy atom. The third-order valence-electron chi connectivity index (χ3n) is 4.13. The smallest absolute Gasteiger partial charge is 0.272 e. The molecular weight excluding hydrogens is 339 g/mol. The molecule has 0 aliphatic heterocycles. The molecule has 0 saturated carbocycles. The molecule has 6 nitrogen and oxygen atoms in total. The van der Waals surface area contributed by atoms with Crippen LogP contribution in [0, 0.1) is 5.92 Å². The van der Waals surface area contributed by atoms with Gasteiger partial charge in [0.25, 0.3) is 5.91 Å². The van der Waals surface area contributed by atoms with E-state index in [0.29, 0.717) is 18.8 Å². The highest BCUT2D eigenvalue weighted by Gasteiger charge is 2.36. The van der Waals surface area contributed by atoms with Crippen molar-refractivity contribution in [1.82, 2.24) is 20.6 Å². The summed E-state index contributed by atoms with van der Waals surface area (Å²) in [6.45, 7) is 5.75. The van der Waals surface area contributed by atoms with Crippen LogP contribution >= 0.6 is 0 Å². The number of benzene rings is 1. The van der Waals surface area contributed by atoms with E-state index in [1.165, 1.54) is 18.6 Å². The molecule has 7 heteroatoms. The van der Waals surface area contributed by atoms with Crippen LogP contribution in [0.4, 0.5) is 0 Å². The molecule has 2 aromatic rings. The van der Waals surface area contributed by atoms with Crippen molar-refractivity contribution < 1.29 is 9.59 Å². The third kappa shape index (κ3) is 6.20. The van der Waals surface area contributed by atoms with Crippen LogP contribution in [0.5, 0.6) is 0 Å². The number of carbonyl (C=O) groups is 2. The molecule has 2 atom stereocenters. The van der Waals surface area contributed by atoms with Crippen molar-refractivity contribution in [3.63, 3.8) is 0 Å². The number of nitrogens with zero attached hydrogens (tertiary/aromatic N) is 2. The first-order chi connectivity index (χ1) is 12.8. The normalized spacial score (nSPS) is 14.2. The Hall–Kier alpha value is -2.70. The standard InChI is InChI=1S/C20H25BN4O2/c1-14(2)11-17(21)24-19(27)20(3,12-15-7-5-4-6-8-15)25-18(26)16-13-22-9-10-23-16/h4-10,13-14,17H,11-12H2,1-3H3,(H,24,27)(H,25,26)/t17-,20+/m0/s1. The summed E-state index contributed by atoms with van der Waals surface area (Å²) < 4.78 is 0. The van der Waals surface area contributed by atoms with Crippen LogP contribution < -0.4 is 10.6 Å². The van der Waals surface area contributed by atoms with Crippen molar-refractivity contribution in [3.05, 3.63) is 60.2 Å². The molecule has 2 radical (unpaired) electrons. The Bertz CT molecular complexity index is 755. The maximum absolute atomic E-state index is 13.0. The van der Waals surface area contributed by atoms with Crippen LogP contribution in [0.25, 0.3) is 0 Å². The summed E-state index contributed by atoms with van der Waals surface area (Å²) in [5, 5.41) is 5.62. The zero-order valence-electron chi connectivity index (χ0n) is 16.0. The van der Waals surface area contributed by atoms with Crippen molar-refractivity contribution in [2.45, 2.75) is 45.1 Å². The van der Waals surface area contributed by atoms with Gasteiger partial charge in [-0.25, -0.2) is 4.98 Å². The predicted octanol–water partition coefficient (Wildman–Crippen LogP) is 1.86. The summed E-state index contributed by atoms with van der Waals surface area (Å²) in [6, 6.07) is 9.50. The van der Waals surface area contributed by atoms with Crippen LogP contribution in [-0.2, 0) is 11.2 Å². The van der Waals surface area contributed by atoms with Gasteiger partial charge in [0.2, 0.25) is 5.91 Å². The van der Waals surface area contributed by atoms with Crippen LogP contribution in [0.3, 0.4) is 0 Å². The van der Waals surface area contributed by atoms with Gasteiger partial charge in [-0.15, -0.1) is 0 Å². The predicted molar refractivity (Wildman–Crippen MR) is 105 cm³/mol. The van der Waals surface area contributed by atoms with E-state index in [1.807, 2.05) is 44.2 Å². The van der Waals surface area contributed by atoms with Gasteiger partial charge in [-0.1, -0.05) is 44.2 Å². The molecule has 2 rings (SSSR count). The quantitative estimate of drug-likeness (QED) is 0.701. The highest BCUT2D eigenvalue weighted by atomic mass is 16.2. The summed E-state index contributed by atoms with van der Waals surface area (Å²) in [4.78, 5) is 33.5. The fourth-order valence-corrected chi connectivity index (χ4v) is 2.81. The van der Waals surface area contributed by atoms with Gasteiger partial charge >= 0.3 is 0 Å². The Kier molecular flexibility index (Phi) is 7.10. The SMILES string of the molecule is [B][C@H](CC(C)C)NC(=O)[C@@](C)(Cc1ccccc1)NC(=O)c1cnccn1. The van der Waals surface area contributed by atoms with Gasteiger partial charge in [0.15, 0.2) is 0 Å². The topological polar surface area (TPSA) is 84.0 Å². The van der Waals surface area contributed by atoms with E-state index in [4.69, 9.17) is 7.85 Å². The Morgan fingerprint density at radius 3 is 2.48 bits per heavy atom. The highest BCUT2D eigenvalue weighted by molar-refractivity contribution is 6.13. The number of aromatic nitrogens is 2. The van der Waals surface area contributed by atoms with Crippen molar-refractivity contribution in [3.8, 4) is 0 Å². The van der Waals surface area contributed by atoms with E-state index in [1.54, 1.807) is 6.92 Å². The van der Waals surface area contributed by atoms with Gasteiger partial charge in [0.05, 0.1) is 14.0 Å². The van der Waals surface area contributed by atoms with Gasteiger partial charge < -0.3 is 10.6 Å². The van der Waals surface area contributed by atoms with Gasteiger partial charge in [-0.2, -0.15) is 0 Å². The number of nitrogens with one attached hydrogen (secondary N) is 2. The number of carbonyl (C=O) groups excluding carboxylic acids is 2. The molecule has 0 unspecified atom stereocenters. The summed E-state index contributed by atoms with van der Waals surface area (Å²) in [5.74, 6) is -0.943. The molecule has 0 aliphatic rings. The van der Waals surface area contributed by atoms with Crippen molar-refractivity contribution in [2.24, 2.45) is 5.92 Å². The first kappa shape index (κ1) is 20.6. The minimum absolute atomic E-state index is 0.149. The average Bonchev–Trinajstić information content (AvgIpc) is 2.62. The number of amides is 2. The van der Waals surface area contributed by atoms with Crippen LogP contribution in [0.2, 0.25) is 0 Å².